The van der Waals surface area contributed by atoms with Gasteiger partial charge in [0.25, 0.3) is 0 Å². The number of hydrogen-bond acceptors (Lipinski definition) is 8. The Morgan fingerprint density at radius 2 is 1.83 bits per heavy atom. The van der Waals surface area contributed by atoms with Gasteiger partial charge in [0.05, 0.1) is 31.1 Å². The van der Waals surface area contributed by atoms with E-state index in [1.165, 1.54) is 25.1 Å². The van der Waals surface area contributed by atoms with Crippen LogP contribution in [0.5, 0.6) is 5.75 Å². The Hall–Kier alpha value is -4.11. The van der Waals surface area contributed by atoms with E-state index in [9.17, 15) is 26.4 Å². The largest absolute Gasteiger partial charge is 0.494 e. The molecule has 0 spiro atoms. The second-order valence-corrected chi connectivity index (χ2v) is 11.7. The van der Waals surface area contributed by atoms with Crippen molar-refractivity contribution in [1.82, 2.24) is 19.2 Å². The lowest BCUT2D eigenvalue weighted by atomic mass is 10.1. The Labute approximate surface area is 235 Å². The number of carbonyl (C=O) groups excluding carboxylic acids is 1. The number of ether oxygens (including phenoxy) is 1. The molecule has 2 aromatic carbocycles. The Balaban J connectivity index is 1.68. The molecule has 220 valence electrons. The number of rotatable bonds is 8. The van der Waals surface area contributed by atoms with Gasteiger partial charge in [-0.2, -0.15) is 22.5 Å². The Morgan fingerprint density at radius 1 is 1.12 bits per heavy atom. The molecule has 0 saturated carbocycles. The molecule has 11 nitrogen and oxygen atoms in total. The summed E-state index contributed by atoms with van der Waals surface area (Å²) in [5.41, 5.74) is 1.18. The van der Waals surface area contributed by atoms with E-state index in [2.05, 4.69) is 25.9 Å². The number of likely N-dealkylation sites (N-methyl/N-ethyl adjacent to an activating group) is 1. The number of carbonyl (C=O) groups is 1. The van der Waals surface area contributed by atoms with Crippen molar-refractivity contribution >= 4 is 39.2 Å². The smallest absolute Gasteiger partial charge is 0.421 e. The van der Waals surface area contributed by atoms with E-state index in [1.54, 1.807) is 44.4 Å². The monoisotopic (exact) mass is 593 g/mol. The Kier molecular flexibility index (Phi) is 8.31. The highest BCUT2D eigenvalue weighted by Gasteiger charge is 2.41. The fourth-order valence-corrected chi connectivity index (χ4v) is 5.20. The number of anilines is 4. The van der Waals surface area contributed by atoms with Crippen LogP contribution in [0.15, 0.2) is 48.7 Å². The van der Waals surface area contributed by atoms with Crippen LogP contribution in [0.25, 0.3) is 0 Å². The van der Waals surface area contributed by atoms with Crippen LogP contribution in [-0.2, 0) is 22.6 Å². The topological polar surface area (TPSA) is 129 Å². The first kappa shape index (κ1) is 29.9. The third-order valence-electron chi connectivity index (χ3n) is 6.63. The fraction of sp³-hybridized carbons (Fsp3) is 0.346. The molecule has 3 aromatic rings. The lowest BCUT2D eigenvalue weighted by molar-refractivity contribution is -0.137. The van der Waals surface area contributed by atoms with Crippen LogP contribution in [0, 0.1) is 0 Å². The van der Waals surface area contributed by atoms with Gasteiger partial charge in [-0.15, -0.1) is 0 Å². The van der Waals surface area contributed by atoms with E-state index in [0.717, 1.165) is 16.1 Å². The number of nitrogens with one attached hydrogen (secondary N) is 3. The second-order valence-electron chi connectivity index (χ2n) is 9.70. The molecule has 0 fully saturated rings. The maximum atomic E-state index is 14.0. The van der Waals surface area contributed by atoms with Crippen LogP contribution >= 0.6 is 0 Å². The molecule has 0 bridgehead atoms. The molecule has 1 heterocycles. The number of urea groups is 1. The van der Waals surface area contributed by atoms with Crippen LogP contribution in [-0.4, -0.2) is 74.2 Å². The number of methoxy groups -OCH3 is 1. The third kappa shape index (κ3) is 6.62. The van der Waals surface area contributed by atoms with Crippen molar-refractivity contribution in [2.45, 2.75) is 24.7 Å². The number of amides is 2. The average Bonchev–Trinajstić information content (AvgIpc) is 3.25. The highest BCUT2D eigenvalue weighted by molar-refractivity contribution is 7.88. The quantitative estimate of drug-likeness (QED) is 0.353. The summed E-state index contributed by atoms with van der Waals surface area (Å²) < 4.78 is 73.4. The molecule has 1 aliphatic carbocycles. The maximum Gasteiger partial charge on any atom is 0.421 e. The van der Waals surface area contributed by atoms with Crippen LogP contribution < -0.4 is 20.7 Å². The molecule has 15 heteroatoms. The highest BCUT2D eigenvalue weighted by atomic mass is 32.2. The van der Waals surface area contributed by atoms with Crippen molar-refractivity contribution in [2.24, 2.45) is 0 Å². The Morgan fingerprint density at radius 3 is 2.46 bits per heavy atom. The molecule has 1 aliphatic rings. The minimum atomic E-state index is -4.78. The molecule has 2 amide bonds. The molecule has 1 aromatic heterocycles. The summed E-state index contributed by atoms with van der Waals surface area (Å²) in [6.07, 6.45) is -2.80. The zero-order valence-electron chi connectivity index (χ0n) is 22.9. The molecule has 0 saturated heterocycles. The summed E-state index contributed by atoms with van der Waals surface area (Å²) in [6, 6.07) is 9.92. The normalized spacial score (nSPS) is 16.7. The van der Waals surface area contributed by atoms with E-state index < -0.39 is 39.7 Å². The lowest BCUT2D eigenvalue weighted by Gasteiger charge is -2.30. The number of benzene rings is 2. The van der Waals surface area contributed by atoms with Crippen molar-refractivity contribution in [1.29, 1.82) is 0 Å². The van der Waals surface area contributed by atoms with Crippen molar-refractivity contribution in [3.8, 4) is 5.75 Å². The zero-order valence-corrected chi connectivity index (χ0v) is 23.8. The molecule has 0 aliphatic heterocycles. The van der Waals surface area contributed by atoms with E-state index in [4.69, 9.17) is 4.74 Å². The fourth-order valence-electron chi connectivity index (χ4n) is 4.52. The van der Waals surface area contributed by atoms with E-state index in [1.807, 2.05) is 6.07 Å². The van der Waals surface area contributed by atoms with Crippen molar-refractivity contribution in [3.05, 3.63) is 65.4 Å². The highest BCUT2D eigenvalue weighted by Crippen LogP contribution is 2.41. The van der Waals surface area contributed by atoms with Gasteiger partial charge in [-0.05, 0) is 29.7 Å². The van der Waals surface area contributed by atoms with Crippen LogP contribution in [0.4, 0.5) is 41.1 Å². The predicted molar refractivity (Wildman–Crippen MR) is 149 cm³/mol. The molecule has 4 rings (SSSR count). The lowest BCUT2D eigenvalue weighted by Crippen LogP contribution is -2.39. The number of sulfonamides is 1. The van der Waals surface area contributed by atoms with Crippen LogP contribution in [0.2, 0.25) is 0 Å². The minimum absolute atomic E-state index is 0.160. The molecular formula is C26H30F3N7O4S. The molecule has 3 N–H and O–H groups in total. The number of fused-ring (bicyclic) bond motifs is 1. The van der Waals surface area contributed by atoms with Gasteiger partial charge in [-0.25, -0.2) is 18.2 Å². The average molecular weight is 594 g/mol. The second kappa shape index (κ2) is 11.4. The number of halogens is 3. The third-order valence-corrected chi connectivity index (χ3v) is 7.90. The predicted octanol–water partition coefficient (Wildman–Crippen LogP) is 4.31. The molecular weight excluding hydrogens is 563 g/mol. The number of alkyl halides is 3. The minimum Gasteiger partial charge on any atom is -0.494 e. The first-order chi connectivity index (χ1) is 19.2. The van der Waals surface area contributed by atoms with Crippen LogP contribution in [0.1, 0.15) is 22.7 Å². The van der Waals surface area contributed by atoms with Gasteiger partial charge in [0, 0.05) is 39.1 Å². The van der Waals surface area contributed by atoms with Gasteiger partial charge in [0.15, 0.2) is 0 Å². The zero-order chi connectivity index (χ0) is 30.1. The summed E-state index contributed by atoms with van der Waals surface area (Å²) in [4.78, 5) is 21.3. The summed E-state index contributed by atoms with van der Waals surface area (Å²) in [6.45, 7) is 0. The van der Waals surface area contributed by atoms with Gasteiger partial charge in [0.1, 0.15) is 17.1 Å². The van der Waals surface area contributed by atoms with Gasteiger partial charge in [-0.1, -0.05) is 24.3 Å². The Bertz CT molecular complexity index is 1550. The maximum absolute atomic E-state index is 14.0. The summed E-state index contributed by atoms with van der Waals surface area (Å²) in [7, 11) is 2.28. The van der Waals surface area contributed by atoms with Gasteiger partial charge < -0.3 is 25.6 Å². The molecule has 2 atom stereocenters. The molecule has 0 radical (unpaired) electrons. The first-order valence-corrected chi connectivity index (χ1v) is 14.2. The van der Waals surface area contributed by atoms with Gasteiger partial charge >= 0.3 is 12.2 Å². The van der Waals surface area contributed by atoms with E-state index in [-0.39, 0.29) is 24.1 Å². The number of hydrogen-bond donors (Lipinski definition) is 3. The summed E-state index contributed by atoms with van der Waals surface area (Å²) in [5.74, 6) is -0.387. The standard InChI is InChI=1S/C26H30F3N7O4S/c1-35(2)25(37)31-16-10-11-19(21(13-16)40-4)33-24-30-14-18(26(27,28)29)23(34-24)32-20-12-15-8-6-7-9-17(15)22(20)36(3)41(5,38)39/h6-11,13-14,20,22H,12H2,1-5H3,(H,31,37)(H2,30,32,33,34)/t20-,22-/m1/s1. The molecule has 0 unspecified atom stereocenters. The van der Waals surface area contributed by atoms with E-state index >= 15 is 0 Å². The first-order valence-electron chi connectivity index (χ1n) is 12.3. The van der Waals surface area contributed by atoms with Crippen molar-refractivity contribution in [3.63, 3.8) is 0 Å². The van der Waals surface area contributed by atoms with Crippen molar-refractivity contribution < 1.29 is 31.1 Å². The number of nitrogens with zero attached hydrogens (tertiary/aromatic N) is 4. The SMILES string of the molecule is COc1cc(NC(=O)N(C)C)ccc1Nc1ncc(C(F)(F)F)c(N[C@@H]2Cc3ccccc3[C@H]2N(C)S(C)(=O)=O)n1. The van der Waals surface area contributed by atoms with Gasteiger partial charge in [-0.3, -0.25) is 0 Å². The number of aromatic nitrogens is 2. The molecule has 41 heavy (non-hydrogen) atoms. The van der Waals surface area contributed by atoms with E-state index in [0.29, 0.717) is 23.1 Å². The van der Waals surface area contributed by atoms with Gasteiger partial charge in [0.2, 0.25) is 16.0 Å². The summed E-state index contributed by atoms with van der Waals surface area (Å²) >= 11 is 0. The van der Waals surface area contributed by atoms with Crippen LogP contribution in [0.3, 0.4) is 0 Å². The summed E-state index contributed by atoms with van der Waals surface area (Å²) in [5, 5.41) is 8.40. The van der Waals surface area contributed by atoms with Crippen molar-refractivity contribution in [2.75, 3.05) is 50.5 Å².